The summed E-state index contributed by atoms with van der Waals surface area (Å²) in [5.41, 5.74) is 6.30. The van der Waals surface area contributed by atoms with Gasteiger partial charge in [-0.15, -0.1) is 5.10 Å². The highest BCUT2D eigenvalue weighted by Gasteiger charge is 2.42. The van der Waals surface area contributed by atoms with Crippen molar-refractivity contribution in [2.75, 3.05) is 30.3 Å². The summed E-state index contributed by atoms with van der Waals surface area (Å²) in [6.45, 7) is 1.54. The molecule has 0 radical (unpaired) electrons. The fourth-order valence-electron chi connectivity index (χ4n) is 4.17. The number of halogens is 1. The number of hydrogen-bond acceptors (Lipinski definition) is 7. The maximum atomic E-state index is 11.7. The molecule has 29 heavy (non-hydrogen) atoms. The van der Waals surface area contributed by atoms with Crippen molar-refractivity contribution >= 4 is 38.7 Å². The maximum absolute atomic E-state index is 11.7. The molecule has 0 bridgehead atoms. The summed E-state index contributed by atoms with van der Waals surface area (Å²) >= 11 is 3.44. The number of anilines is 2. The van der Waals surface area contributed by atoms with Crippen molar-refractivity contribution in [3.8, 4) is 0 Å². The van der Waals surface area contributed by atoms with Crippen molar-refractivity contribution in [1.29, 1.82) is 0 Å². The fourth-order valence-corrected chi connectivity index (χ4v) is 5.07. The topological polar surface area (TPSA) is 137 Å². The lowest BCUT2D eigenvalue weighted by molar-refractivity contribution is 0.133. The van der Waals surface area contributed by atoms with Gasteiger partial charge in [-0.3, -0.25) is 0 Å². The Morgan fingerprint density at radius 2 is 1.97 bits per heavy atom. The Labute approximate surface area is 180 Å². The number of aliphatic hydroxyl groups excluding tert-OH is 1. The molecule has 11 heteroatoms. The number of aliphatic hydroxyl groups is 1. The second-order valence-electron chi connectivity index (χ2n) is 7.42. The van der Waals surface area contributed by atoms with E-state index in [-0.39, 0.29) is 24.0 Å². The zero-order valence-corrected chi connectivity index (χ0v) is 18.5. The number of nitrogens with zero attached hydrogens (tertiary/aromatic N) is 3. The molecule has 0 spiro atoms. The van der Waals surface area contributed by atoms with Gasteiger partial charge in [0.25, 0.3) is 0 Å². The van der Waals surface area contributed by atoms with Gasteiger partial charge in [-0.05, 0) is 48.8 Å². The van der Waals surface area contributed by atoms with Gasteiger partial charge in [0.2, 0.25) is 22.8 Å². The smallest absolute Gasteiger partial charge is 0.241 e. The first-order valence-corrected chi connectivity index (χ1v) is 11.6. The molecule has 1 aromatic heterocycles. The predicted molar refractivity (Wildman–Crippen MR) is 116 cm³/mol. The van der Waals surface area contributed by atoms with Gasteiger partial charge in [0.05, 0.1) is 6.04 Å². The van der Waals surface area contributed by atoms with Crippen molar-refractivity contribution in [3.63, 3.8) is 0 Å². The summed E-state index contributed by atoms with van der Waals surface area (Å²) in [5, 5.41) is 16.0. The highest BCUT2D eigenvalue weighted by Crippen LogP contribution is 2.47. The van der Waals surface area contributed by atoms with Crippen LogP contribution in [0, 0.1) is 5.41 Å². The lowest BCUT2D eigenvalue weighted by atomic mass is 9.67. The van der Waals surface area contributed by atoms with E-state index >= 15 is 0 Å². The van der Waals surface area contributed by atoms with Crippen LogP contribution in [0.2, 0.25) is 0 Å². The van der Waals surface area contributed by atoms with Crippen LogP contribution in [0.25, 0.3) is 0 Å². The largest absolute Gasteiger partial charge is 0.396 e. The van der Waals surface area contributed by atoms with Gasteiger partial charge in [0.15, 0.2) is 0 Å². The SMILES string of the molecule is Nc1n[nH]c(N2CCC(CCCCO)(C(N[SH](=O)=O)c3ccc(Br)cc3)CC2)n1. The number of piperidine rings is 1. The van der Waals surface area contributed by atoms with E-state index in [1.54, 1.807) is 0 Å². The molecular weight excluding hydrogens is 460 g/mol. The summed E-state index contributed by atoms with van der Waals surface area (Å²) in [5.74, 6) is 0.840. The quantitative estimate of drug-likeness (QED) is 0.269. The van der Waals surface area contributed by atoms with Gasteiger partial charge < -0.3 is 15.7 Å². The van der Waals surface area contributed by atoms with E-state index in [2.05, 4.69) is 40.7 Å². The summed E-state index contributed by atoms with van der Waals surface area (Å²) in [6.07, 6.45) is 3.89. The molecule has 0 aliphatic carbocycles. The Hall–Kier alpha value is -1.69. The van der Waals surface area contributed by atoms with Crippen LogP contribution in [0.4, 0.5) is 11.9 Å². The normalized spacial score (nSPS) is 17.6. The number of aromatic nitrogens is 3. The highest BCUT2D eigenvalue weighted by molar-refractivity contribution is 9.10. The number of benzene rings is 1. The molecule has 0 amide bonds. The van der Waals surface area contributed by atoms with Crippen LogP contribution < -0.4 is 15.4 Å². The minimum absolute atomic E-state index is 0.131. The molecule has 1 aromatic carbocycles. The number of hydrogen-bond donors (Lipinski definition) is 5. The standard InChI is InChI=1S/C18H27BrN6O3S/c19-14-5-3-13(4-6-14)15(24-29(27)28)18(7-1-2-12-26)8-10-25(11-9-18)17-21-16(20)22-23-17/h3-6,15,26,29H,1-2,7-12H2,(H,24,27,28)(H3,20,21,22,23). The summed E-state index contributed by atoms with van der Waals surface area (Å²) in [6, 6.07) is 7.43. The van der Waals surface area contributed by atoms with E-state index in [4.69, 9.17) is 5.73 Å². The van der Waals surface area contributed by atoms with Crippen molar-refractivity contribution in [2.24, 2.45) is 5.41 Å². The van der Waals surface area contributed by atoms with Gasteiger partial charge in [0, 0.05) is 24.2 Å². The molecule has 9 nitrogen and oxygen atoms in total. The fraction of sp³-hybridized carbons (Fsp3) is 0.556. The van der Waals surface area contributed by atoms with Crippen molar-refractivity contribution in [1.82, 2.24) is 19.9 Å². The Balaban J connectivity index is 1.88. The number of unbranched alkanes of at least 4 members (excludes halogenated alkanes) is 1. The summed E-state index contributed by atoms with van der Waals surface area (Å²) in [4.78, 5) is 6.29. The van der Waals surface area contributed by atoms with Crippen molar-refractivity contribution in [2.45, 2.75) is 38.1 Å². The van der Waals surface area contributed by atoms with Crippen LogP contribution in [-0.2, 0) is 10.9 Å². The molecule has 5 N–H and O–H groups in total. The third-order valence-corrected chi connectivity index (χ3v) is 6.68. The molecule has 1 saturated heterocycles. The molecule has 1 aliphatic rings. The van der Waals surface area contributed by atoms with Crippen LogP contribution in [-0.4, -0.2) is 48.4 Å². The van der Waals surface area contributed by atoms with Crippen LogP contribution >= 0.6 is 15.9 Å². The molecule has 1 fully saturated rings. The van der Waals surface area contributed by atoms with E-state index in [9.17, 15) is 13.5 Å². The molecule has 0 saturated carbocycles. The van der Waals surface area contributed by atoms with E-state index < -0.39 is 10.9 Å². The van der Waals surface area contributed by atoms with Gasteiger partial charge >= 0.3 is 0 Å². The zero-order valence-electron chi connectivity index (χ0n) is 16.1. The second-order valence-corrected chi connectivity index (χ2v) is 9.11. The summed E-state index contributed by atoms with van der Waals surface area (Å²) < 4.78 is 27.1. The third kappa shape index (κ3) is 5.47. The van der Waals surface area contributed by atoms with Crippen LogP contribution in [0.5, 0.6) is 0 Å². The van der Waals surface area contributed by atoms with Gasteiger partial charge in [0.1, 0.15) is 0 Å². The van der Waals surface area contributed by atoms with Crippen LogP contribution in [0.3, 0.4) is 0 Å². The number of H-pyrrole nitrogens is 1. The minimum Gasteiger partial charge on any atom is -0.396 e. The van der Waals surface area contributed by atoms with Gasteiger partial charge in [-0.2, -0.15) is 4.98 Å². The summed E-state index contributed by atoms with van der Waals surface area (Å²) in [7, 11) is -2.77. The van der Waals surface area contributed by atoms with E-state index in [0.29, 0.717) is 25.5 Å². The Kier molecular flexibility index (Phi) is 7.49. The first-order valence-electron chi connectivity index (χ1n) is 9.63. The Bertz CT molecular complexity index is 857. The molecule has 1 aliphatic heterocycles. The number of thiol groups is 1. The van der Waals surface area contributed by atoms with Crippen LogP contribution in [0.1, 0.15) is 43.7 Å². The van der Waals surface area contributed by atoms with Crippen molar-refractivity contribution in [3.05, 3.63) is 34.3 Å². The van der Waals surface area contributed by atoms with Crippen molar-refractivity contribution < 1.29 is 13.5 Å². The Morgan fingerprint density at radius 1 is 1.28 bits per heavy atom. The minimum atomic E-state index is -2.77. The lowest BCUT2D eigenvalue weighted by Gasteiger charge is -2.46. The first kappa shape index (κ1) is 22.0. The number of nitrogens with two attached hydrogens (primary N) is 1. The molecular formula is C18H27BrN6O3S. The number of nitrogen functional groups attached to an aromatic ring is 1. The Morgan fingerprint density at radius 3 is 2.52 bits per heavy atom. The molecule has 3 rings (SSSR count). The monoisotopic (exact) mass is 486 g/mol. The van der Waals surface area contributed by atoms with Crippen LogP contribution in [0.15, 0.2) is 28.7 Å². The number of rotatable bonds is 9. The van der Waals surface area contributed by atoms with E-state index in [0.717, 1.165) is 35.7 Å². The number of aromatic amines is 1. The molecule has 1 atom stereocenters. The van der Waals surface area contributed by atoms with E-state index in [1.807, 2.05) is 24.3 Å². The number of nitrogens with one attached hydrogen (secondary N) is 2. The maximum Gasteiger partial charge on any atom is 0.241 e. The molecule has 160 valence electrons. The molecule has 2 heterocycles. The average molecular weight is 487 g/mol. The molecule has 1 unspecified atom stereocenters. The highest BCUT2D eigenvalue weighted by atomic mass is 79.9. The zero-order chi connectivity index (χ0) is 20.9. The second kappa shape index (κ2) is 9.88. The third-order valence-electron chi connectivity index (χ3n) is 5.68. The van der Waals surface area contributed by atoms with Gasteiger partial charge in [-0.1, -0.05) is 34.5 Å². The predicted octanol–water partition coefficient (Wildman–Crippen LogP) is 1.76. The first-order chi connectivity index (χ1) is 13.9. The lowest BCUT2D eigenvalue weighted by Crippen LogP contribution is -2.47. The van der Waals surface area contributed by atoms with E-state index in [1.165, 1.54) is 0 Å². The van der Waals surface area contributed by atoms with Gasteiger partial charge in [-0.25, -0.2) is 18.2 Å². The molecule has 2 aromatic rings. The average Bonchev–Trinajstić information content (AvgIpc) is 3.14.